The third-order valence-corrected chi connectivity index (χ3v) is 8.32. The van der Waals surface area contributed by atoms with Crippen molar-refractivity contribution in [3.63, 3.8) is 0 Å². The van der Waals surface area contributed by atoms with Crippen LogP contribution in [0, 0.1) is 19.3 Å². The molecule has 0 saturated heterocycles. The van der Waals surface area contributed by atoms with Crippen LogP contribution in [0.25, 0.3) is 16.9 Å². The number of benzene rings is 3. The van der Waals surface area contributed by atoms with Crippen molar-refractivity contribution < 1.29 is 14.3 Å². The zero-order valence-electron chi connectivity index (χ0n) is 24.5. The number of ether oxygens (including phenoxy) is 2. The van der Waals surface area contributed by atoms with Crippen molar-refractivity contribution in [2.45, 2.75) is 59.4 Å². The molecule has 1 unspecified atom stereocenters. The highest BCUT2D eigenvalue weighted by molar-refractivity contribution is 6.32. The molecule has 0 saturated carbocycles. The number of nitrogens with one attached hydrogen (secondary N) is 1. The number of amides is 1. The molecular formula is C34H37Cl2N3O3. The zero-order valence-corrected chi connectivity index (χ0v) is 26.1. The number of aryl methyl sites for hydroxylation is 2. The number of fused-ring (bicyclic) bond motifs is 1. The molecule has 1 amide bonds. The second-order valence-electron chi connectivity index (χ2n) is 11.6. The van der Waals surface area contributed by atoms with Crippen LogP contribution in [0.2, 0.25) is 10.0 Å². The van der Waals surface area contributed by atoms with Gasteiger partial charge in [0.25, 0.3) is 0 Å². The van der Waals surface area contributed by atoms with Gasteiger partial charge >= 0.3 is 0 Å². The maximum Gasteiger partial charge on any atom is 0.226 e. The summed E-state index contributed by atoms with van der Waals surface area (Å²) in [5.74, 6) is 1.53. The average Bonchev–Trinajstić information content (AvgIpc) is 3.23. The molecule has 1 aromatic heterocycles. The van der Waals surface area contributed by atoms with E-state index < -0.39 is 5.41 Å². The average molecular weight is 607 g/mol. The normalized spacial score (nSPS) is 15.0. The van der Waals surface area contributed by atoms with Gasteiger partial charge in [-0.25, -0.2) is 4.68 Å². The highest BCUT2D eigenvalue weighted by Gasteiger charge is 2.34. The van der Waals surface area contributed by atoms with E-state index in [9.17, 15) is 4.79 Å². The van der Waals surface area contributed by atoms with Gasteiger partial charge < -0.3 is 14.8 Å². The highest BCUT2D eigenvalue weighted by Crippen LogP contribution is 2.42. The van der Waals surface area contributed by atoms with Gasteiger partial charge in [0.1, 0.15) is 17.1 Å². The zero-order chi connectivity index (χ0) is 29.9. The lowest BCUT2D eigenvalue weighted by molar-refractivity contribution is -0.130. The van der Waals surface area contributed by atoms with Crippen molar-refractivity contribution in [2.75, 3.05) is 13.2 Å². The van der Waals surface area contributed by atoms with Crippen LogP contribution in [0.3, 0.4) is 0 Å². The van der Waals surface area contributed by atoms with Crippen LogP contribution in [-0.2, 0) is 4.79 Å². The maximum atomic E-state index is 13.7. The van der Waals surface area contributed by atoms with E-state index in [1.165, 1.54) is 5.56 Å². The van der Waals surface area contributed by atoms with Crippen LogP contribution < -0.4 is 14.8 Å². The van der Waals surface area contributed by atoms with Crippen molar-refractivity contribution in [3.05, 3.63) is 93.6 Å². The van der Waals surface area contributed by atoms with Gasteiger partial charge in [0.2, 0.25) is 5.91 Å². The van der Waals surface area contributed by atoms with Crippen LogP contribution in [0.4, 0.5) is 0 Å². The summed E-state index contributed by atoms with van der Waals surface area (Å²) in [4.78, 5) is 13.7. The van der Waals surface area contributed by atoms with Crippen molar-refractivity contribution in [2.24, 2.45) is 5.41 Å². The molecule has 1 aliphatic heterocycles. The summed E-state index contributed by atoms with van der Waals surface area (Å²) in [5.41, 5.74) is 4.78. The van der Waals surface area contributed by atoms with Crippen LogP contribution >= 0.6 is 23.2 Å². The molecule has 2 heterocycles. The Morgan fingerprint density at radius 1 is 1.10 bits per heavy atom. The van der Waals surface area contributed by atoms with Crippen LogP contribution in [0.1, 0.15) is 62.4 Å². The Kier molecular flexibility index (Phi) is 9.14. The molecule has 220 valence electrons. The molecule has 1 atom stereocenters. The van der Waals surface area contributed by atoms with Gasteiger partial charge in [0, 0.05) is 16.0 Å². The molecule has 1 N–H and O–H groups in total. The molecular weight excluding hydrogens is 569 g/mol. The molecule has 4 aromatic rings. The van der Waals surface area contributed by atoms with E-state index in [-0.39, 0.29) is 11.9 Å². The van der Waals surface area contributed by atoms with Gasteiger partial charge in [0.05, 0.1) is 30.0 Å². The highest BCUT2D eigenvalue weighted by atomic mass is 35.5. The quantitative estimate of drug-likeness (QED) is 0.194. The predicted molar refractivity (Wildman–Crippen MR) is 169 cm³/mol. The van der Waals surface area contributed by atoms with Gasteiger partial charge in [0.15, 0.2) is 5.75 Å². The number of carbonyl (C=O) groups excluding carboxylic acids is 1. The molecule has 6 nitrogen and oxygen atoms in total. The van der Waals surface area contributed by atoms with Gasteiger partial charge in [-0.3, -0.25) is 4.79 Å². The first-order chi connectivity index (χ1) is 20.1. The lowest BCUT2D eigenvalue weighted by Gasteiger charge is -2.26. The van der Waals surface area contributed by atoms with E-state index in [4.69, 9.17) is 37.8 Å². The fourth-order valence-electron chi connectivity index (χ4n) is 5.21. The summed E-state index contributed by atoms with van der Waals surface area (Å²) in [6.07, 6.45) is 2.94. The van der Waals surface area contributed by atoms with Gasteiger partial charge in [-0.05, 0) is 81.0 Å². The Morgan fingerprint density at radius 2 is 1.86 bits per heavy atom. The molecule has 0 aliphatic carbocycles. The third kappa shape index (κ3) is 6.61. The van der Waals surface area contributed by atoms with E-state index in [0.717, 1.165) is 41.1 Å². The topological polar surface area (TPSA) is 65.4 Å². The second kappa shape index (κ2) is 12.8. The van der Waals surface area contributed by atoms with Crippen LogP contribution in [-0.4, -0.2) is 28.9 Å². The number of nitrogens with zero attached hydrogens (tertiary/aromatic N) is 2. The van der Waals surface area contributed by atoms with E-state index in [1.807, 2.05) is 74.0 Å². The summed E-state index contributed by atoms with van der Waals surface area (Å²) in [7, 11) is 0. The van der Waals surface area contributed by atoms with E-state index in [0.29, 0.717) is 47.5 Å². The summed E-state index contributed by atoms with van der Waals surface area (Å²) in [6, 6.07) is 21.0. The summed E-state index contributed by atoms with van der Waals surface area (Å²) >= 11 is 12.8. The lowest BCUT2D eigenvalue weighted by Crippen LogP contribution is -2.39. The van der Waals surface area contributed by atoms with Crippen molar-refractivity contribution in [1.82, 2.24) is 15.1 Å². The minimum absolute atomic E-state index is 0.0209. The number of hydrogen-bond acceptors (Lipinski definition) is 4. The predicted octanol–water partition coefficient (Wildman–Crippen LogP) is 8.68. The first-order valence-corrected chi connectivity index (χ1v) is 15.2. The van der Waals surface area contributed by atoms with Crippen LogP contribution in [0.15, 0.2) is 66.7 Å². The van der Waals surface area contributed by atoms with Crippen molar-refractivity contribution in [3.8, 4) is 28.4 Å². The summed E-state index contributed by atoms with van der Waals surface area (Å²) in [6.45, 7) is 9.13. The van der Waals surface area contributed by atoms with Crippen LogP contribution in [0.5, 0.6) is 11.5 Å². The SMILES string of the molecule is Cc1ccc(C)c(OCCCC(C)(C)C(=O)NC2CCCOc3c2nn(-c2ccccc2Cl)c3-c2ccc(Cl)cc2)c1. The van der Waals surface area contributed by atoms with Gasteiger partial charge in [-0.2, -0.15) is 5.10 Å². The molecule has 0 spiro atoms. The number of para-hydroxylation sites is 1. The van der Waals surface area contributed by atoms with Gasteiger partial charge in [-0.1, -0.05) is 73.4 Å². The molecule has 0 bridgehead atoms. The molecule has 5 rings (SSSR count). The molecule has 8 heteroatoms. The first kappa shape index (κ1) is 30.0. The Hall–Kier alpha value is -3.48. The monoisotopic (exact) mass is 605 g/mol. The Labute approximate surface area is 257 Å². The van der Waals surface area contributed by atoms with Gasteiger partial charge in [-0.15, -0.1) is 0 Å². The fraction of sp³-hybridized carbons (Fsp3) is 0.353. The largest absolute Gasteiger partial charge is 0.493 e. The first-order valence-electron chi connectivity index (χ1n) is 14.4. The molecule has 0 radical (unpaired) electrons. The van der Waals surface area contributed by atoms with Crippen molar-refractivity contribution >= 4 is 29.1 Å². The van der Waals surface area contributed by atoms with E-state index in [1.54, 1.807) is 0 Å². The molecule has 0 fully saturated rings. The van der Waals surface area contributed by atoms with E-state index in [2.05, 4.69) is 30.4 Å². The van der Waals surface area contributed by atoms with Crippen molar-refractivity contribution in [1.29, 1.82) is 0 Å². The number of halogens is 2. The standard InChI is InChI=1S/C34H37Cl2N3O3/c1-22-12-13-23(2)29(21-22)41-20-8-18-34(3,4)33(40)37-27-10-7-19-42-32-30(27)38-39(28-11-6-5-9-26(28)36)31(32)24-14-16-25(35)17-15-24/h5-6,9,11-17,21,27H,7-8,10,18-20H2,1-4H3,(H,37,40). The Morgan fingerprint density at radius 3 is 2.62 bits per heavy atom. The maximum absolute atomic E-state index is 13.7. The molecule has 1 aliphatic rings. The molecule has 3 aromatic carbocycles. The smallest absolute Gasteiger partial charge is 0.226 e. The number of carbonyl (C=O) groups is 1. The number of hydrogen-bond donors (Lipinski definition) is 1. The third-order valence-electron chi connectivity index (χ3n) is 7.75. The summed E-state index contributed by atoms with van der Waals surface area (Å²) < 4.78 is 14.2. The molecule has 42 heavy (non-hydrogen) atoms. The number of aromatic nitrogens is 2. The number of rotatable bonds is 9. The summed E-state index contributed by atoms with van der Waals surface area (Å²) in [5, 5.41) is 9.53. The fourth-order valence-corrected chi connectivity index (χ4v) is 5.56. The second-order valence-corrected chi connectivity index (χ2v) is 12.4. The lowest BCUT2D eigenvalue weighted by atomic mass is 9.86. The Balaban J connectivity index is 1.38. The van der Waals surface area contributed by atoms with E-state index >= 15 is 0 Å². The minimum atomic E-state index is -0.595. The Bertz CT molecular complexity index is 1560. The minimum Gasteiger partial charge on any atom is -0.493 e.